The normalized spacial score (nSPS) is 17.1. The zero-order valence-corrected chi connectivity index (χ0v) is 11.8. The van der Waals surface area contributed by atoms with E-state index in [1.807, 2.05) is 36.1 Å². The van der Waals surface area contributed by atoms with E-state index in [2.05, 4.69) is 11.9 Å². The van der Waals surface area contributed by atoms with Crippen molar-refractivity contribution in [3.8, 4) is 5.75 Å². The molecule has 4 nitrogen and oxygen atoms in total. The average molecular weight is 262 g/mol. The van der Waals surface area contributed by atoms with Gasteiger partial charge < -0.3 is 14.5 Å². The van der Waals surface area contributed by atoms with Crippen LogP contribution in [0.25, 0.3) is 0 Å². The van der Waals surface area contributed by atoms with Crippen LogP contribution in [0.1, 0.15) is 12.0 Å². The first-order valence-electron chi connectivity index (χ1n) is 6.81. The van der Waals surface area contributed by atoms with Crippen molar-refractivity contribution in [2.45, 2.75) is 13.3 Å². The molecule has 0 atom stereocenters. The molecule has 0 aromatic heterocycles. The third-order valence-corrected chi connectivity index (χ3v) is 3.46. The summed E-state index contributed by atoms with van der Waals surface area (Å²) in [4.78, 5) is 16.2. The zero-order chi connectivity index (χ0) is 13.7. The molecule has 1 fully saturated rings. The van der Waals surface area contributed by atoms with Gasteiger partial charge in [-0.1, -0.05) is 17.7 Å². The van der Waals surface area contributed by atoms with Crippen molar-refractivity contribution < 1.29 is 9.53 Å². The molecule has 0 radical (unpaired) electrons. The molecule has 1 amide bonds. The van der Waals surface area contributed by atoms with Crippen LogP contribution in [0.2, 0.25) is 0 Å². The molecule has 19 heavy (non-hydrogen) atoms. The molecule has 1 saturated heterocycles. The maximum absolute atomic E-state index is 12.1. The first-order chi connectivity index (χ1) is 9.15. The Morgan fingerprint density at radius 3 is 2.63 bits per heavy atom. The number of benzene rings is 1. The highest BCUT2D eigenvalue weighted by Gasteiger charge is 2.17. The lowest BCUT2D eigenvalue weighted by Crippen LogP contribution is -2.37. The summed E-state index contributed by atoms with van der Waals surface area (Å²) < 4.78 is 5.54. The Bertz CT molecular complexity index is 417. The number of carbonyl (C=O) groups excluding carboxylic acids is 1. The van der Waals surface area contributed by atoms with Crippen molar-refractivity contribution in [1.82, 2.24) is 9.80 Å². The minimum absolute atomic E-state index is 0.0795. The molecule has 1 aliphatic rings. The molecule has 4 heteroatoms. The molecule has 2 rings (SSSR count). The van der Waals surface area contributed by atoms with Gasteiger partial charge in [-0.25, -0.2) is 0 Å². The molecule has 1 aromatic carbocycles. The van der Waals surface area contributed by atoms with E-state index in [9.17, 15) is 4.79 Å². The number of nitrogens with zero attached hydrogens (tertiary/aromatic N) is 2. The molecular weight excluding hydrogens is 240 g/mol. The number of aryl methyl sites for hydroxylation is 1. The van der Waals surface area contributed by atoms with E-state index in [1.54, 1.807) is 0 Å². The van der Waals surface area contributed by atoms with Crippen molar-refractivity contribution in [2.75, 3.05) is 39.8 Å². The number of amides is 1. The number of ether oxygens (including phenoxy) is 1. The first-order valence-corrected chi connectivity index (χ1v) is 6.81. The Hall–Kier alpha value is -1.55. The fourth-order valence-electron chi connectivity index (χ4n) is 2.17. The van der Waals surface area contributed by atoms with Crippen LogP contribution in [-0.2, 0) is 4.79 Å². The van der Waals surface area contributed by atoms with Crippen LogP contribution < -0.4 is 4.74 Å². The highest BCUT2D eigenvalue weighted by atomic mass is 16.5. The van der Waals surface area contributed by atoms with E-state index in [-0.39, 0.29) is 12.5 Å². The second kappa shape index (κ2) is 6.57. The van der Waals surface area contributed by atoms with E-state index in [4.69, 9.17) is 4.74 Å². The molecule has 1 aliphatic heterocycles. The maximum Gasteiger partial charge on any atom is 0.260 e. The van der Waals surface area contributed by atoms with Crippen LogP contribution >= 0.6 is 0 Å². The van der Waals surface area contributed by atoms with Crippen molar-refractivity contribution in [3.05, 3.63) is 29.8 Å². The molecule has 0 aliphatic carbocycles. The summed E-state index contributed by atoms with van der Waals surface area (Å²) in [7, 11) is 2.09. The smallest absolute Gasteiger partial charge is 0.260 e. The Kier molecular flexibility index (Phi) is 4.80. The number of rotatable bonds is 3. The Balaban J connectivity index is 1.82. The quantitative estimate of drug-likeness (QED) is 0.828. The second-order valence-corrected chi connectivity index (χ2v) is 5.14. The van der Waals surface area contributed by atoms with Gasteiger partial charge in [0.15, 0.2) is 6.61 Å². The third kappa shape index (κ3) is 4.24. The summed E-state index contributed by atoms with van der Waals surface area (Å²) in [5.41, 5.74) is 1.19. The standard InChI is InChI=1S/C15H22N2O2/c1-13-4-6-14(7-5-13)19-12-15(18)17-9-3-8-16(2)10-11-17/h4-7H,3,8-12H2,1-2H3. The van der Waals surface area contributed by atoms with Gasteiger partial charge in [0.1, 0.15) is 5.75 Å². The number of carbonyl (C=O) groups is 1. The number of likely N-dealkylation sites (N-methyl/N-ethyl adjacent to an activating group) is 1. The van der Waals surface area contributed by atoms with Crippen molar-refractivity contribution in [3.63, 3.8) is 0 Å². The van der Waals surface area contributed by atoms with Gasteiger partial charge in [0, 0.05) is 19.6 Å². The summed E-state index contributed by atoms with van der Waals surface area (Å²) >= 11 is 0. The molecule has 1 heterocycles. The van der Waals surface area contributed by atoms with Gasteiger partial charge in [-0.15, -0.1) is 0 Å². The SMILES string of the molecule is Cc1ccc(OCC(=O)N2CCCN(C)CC2)cc1. The molecule has 0 saturated carbocycles. The Morgan fingerprint density at radius 2 is 1.89 bits per heavy atom. The summed E-state index contributed by atoms with van der Waals surface area (Å²) in [6.07, 6.45) is 1.03. The van der Waals surface area contributed by atoms with Gasteiger partial charge in [-0.05, 0) is 39.1 Å². The minimum Gasteiger partial charge on any atom is -0.484 e. The Morgan fingerprint density at radius 1 is 1.16 bits per heavy atom. The number of hydrogen-bond acceptors (Lipinski definition) is 3. The lowest BCUT2D eigenvalue weighted by atomic mass is 10.2. The molecule has 0 N–H and O–H groups in total. The number of hydrogen-bond donors (Lipinski definition) is 0. The fourth-order valence-corrected chi connectivity index (χ4v) is 2.17. The van der Waals surface area contributed by atoms with Crippen LogP contribution in [0.4, 0.5) is 0 Å². The van der Waals surface area contributed by atoms with Crippen molar-refractivity contribution in [2.24, 2.45) is 0 Å². The van der Waals surface area contributed by atoms with Crippen LogP contribution in [0.15, 0.2) is 24.3 Å². The van der Waals surface area contributed by atoms with E-state index in [1.165, 1.54) is 5.56 Å². The predicted octanol–water partition coefficient (Wildman–Crippen LogP) is 1.54. The van der Waals surface area contributed by atoms with Crippen LogP contribution in [0.3, 0.4) is 0 Å². The zero-order valence-electron chi connectivity index (χ0n) is 11.8. The van der Waals surface area contributed by atoms with Crippen molar-refractivity contribution in [1.29, 1.82) is 0 Å². The second-order valence-electron chi connectivity index (χ2n) is 5.14. The minimum atomic E-state index is 0.0795. The predicted molar refractivity (Wildman–Crippen MR) is 75.4 cm³/mol. The van der Waals surface area contributed by atoms with Crippen molar-refractivity contribution >= 4 is 5.91 Å². The summed E-state index contributed by atoms with van der Waals surface area (Å²) in [6.45, 7) is 5.79. The monoisotopic (exact) mass is 262 g/mol. The van der Waals surface area contributed by atoms with Gasteiger partial charge in [0.05, 0.1) is 0 Å². The van der Waals surface area contributed by atoms with E-state index in [0.717, 1.165) is 38.3 Å². The summed E-state index contributed by atoms with van der Waals surface area (Å²) in [6, 6.07) is 7.78. The van der Waals surface area contributed by atoms with Gasteiger partial charge in [-0.3, -0.25) is 4.79 Å². The van der Waals surface area contributed by atoms with E-state index in [0.29, 0.717) is 0 Å². The average Bonchev–Trinajstić information content (AvgIpc) is 2.63. The van der Waals surface area contributed by atoms with Gasteiger partial charge in [-0.2, -0.15) is 0 Å². The highest BCUT2D eigenvalue weighted by Crippen LogP contribution is 2.11. The summed E-state index contributed by atoms with van der Waals surface area (Å²) in [5, 5.41) is 0. The topological polar surface area (TPSA) is 32.8 Å². The first kappa shape index (κ1) is 13.9. The van der Waals surface area contributed by atoms with E-state index >= 15 is 0 Å². The Labute approximate surface area is 115 Å². The molecule has 0 unspecified atom stereocenters. The van der Waals surface area contributed by atoms with Crippen LogP contribution in [-0.4, -0.2) is 55.5 Å². The molecular formula is C15H22N2O2. The summed E-state index contributed by atoms with van der Waals surface area (Å²) in [5.74, 6) is 0.835. The van der Waals surface area contributed by atoms with Gasteiger partial charge in [0.25, 0.3) is 5.91 Å². The van der Waals surface area contributed by atoms with Crippen LogP contribution in [0.5, 0.6) is 5.75 Å². The molecule has 104 valence electrons. The van der Waals surface area contributed by atoms with E-state index < -0.39 is 0 Å². The fraction of sp³-hybridized carbons (Fsp3) is 0.533. The largest absolute Gasteiger partial charge is 0.484 e. The lowest BCUT2D eigenvalue weighted by Gasteiger charge is -2.20. The molecule has 0 bridgehead atoms. The highest BCUT2D eigenvalue weighted by molar-refractivity contribution is 5.77. The maximum atomic E-state index is 12.1. The third-order valence-electron chi connectivity index (χ3n) is 3.46. The van der Waals surface area contributed by atoms with Gasteiger partial charge in [0.2, 0.25) is 0 Å². The molecule has 0 spiro atoms. The lowest BCUT2D eigenvalue weighted by molar-refractivity contribution is -0.133. The van der Waals surface area contributed by atoms with Gasteiger partial charge >= 0.3 is 0 Å². The van der Waals surface area contributed by atoms with Crippen LogP contribution in [0, 0.1) is 6.92 Å². The molecule has 1 aromatic rings.